The van der Waals surface area contributed by atoms with Crippen molar-refractivity contribution in [3.63, 3.8) is 0 Å². The highest BCUT2D eigenvalue weighted by Crippen LogP contribution is 2.22. The summed E-state index contributed by atoms with van der Waals surface area (Å²) in [5.74, 6) is -0.396. The number of carbonyl (C=O) groups is 1. The molecule has 0 bridgehead atoms. The third kappa shape index (κ3) is 4.03. The van der Waals surface area contributed by atoms with Crippen molar-refractivity contribution in [3.05, 3.63) is 77.9 Å². The zero-order chi connectivity index (χ0) is 18.5. The summed E-state index contributed by atoms with van der Waals surface area (Å²) in [6.07, 6.45) is 1.54. The Balaban J connectivity index is 1.86. The summed E-state index contributed by atoms with van der Waals surface area (Å²) in [7, 11) is 0. The van der Waals surface area contributed by atoms with Gasteiger partial charge in [-0.3, -0.25) is 4.79 Å². The quantitative estimate of drug-likeness (QED) is 0.744. The average Bonchev–Trinajstić information content (AvgIpc) is 2.63. The highest BCUT2D eigenvalue weighted by molar-refractivity contribution is 6.03. The maximum atomic E-state index is 13.3. The maximum absolute atomic E-state index is 13.3. The van der Waals surface area contributed by atoms with Gasteiger partial charge in [-0.1, -0.05) is 18.2 Å². The lowest BCUT2D eigenvalue weighted by Gasteiger charge is -2.21. The Morgan fingerprint density at radius 3 is 2.69 bits per heavy atom. The topological polar surface area (TPSA) is 58.1 Å². The van der Waals surface area contributed by atoms with E-state index in [2.05, 4.69) is 15.3 Å². The number of hydrogen-bond acceptors (Lipinski definition) is 4. The van der Waals surface area contributed by atoms with E-state index in [-0.39, 0.29) is 5.69 Å². The fourth-order valence-corrected chi connectivity index (χ4v) is 2.60. The van der Waals surface area contributed by atoms with E-state index in [9.17, 15) is 9.18 Å². The Labute approximate surface area is 151 Å². The van der Waals surface area contributed by atoms with Crippen molar-refractivity contribution in [2.45, 2.75) is 13.8 Å². The first-order valence-corrected chi connectivity index (χ1v) is 8.31. The molecule has 0 aliphatic rings. The van der Waals surface area contributed by atoms with Crippen LogP contribution in [0.5, 0.6) is 0 Å². The summed E-state index contributed by atoms with van der Waals surface area (Å²) >= 11 is 0. The molecule has 1 aromatic heterocycles. The third-order valence-electron chi connectivity index (χ3n) is 3.83. The molecule has 0 saturated carbocycles. The fourth-order valence-electron chi connectivity index (χ4n) is 2.60. The molecule has 0 spiro atoms. The molecule has 0 fully saturated rings. The van der Waals surface area contributed by atoms with Crippen molar-refractivity contribution in [2.75, 3.05) is 16.8 Å². The van der Waals surface area contributed by atoms with E-state index in [0.717, 1.165) is 11.3 Å². The first-order valence-electron chi connectivity index (χ1n) is 8.31. The van der Waals surface area contributed by atoms with Crippen LogP contribution >= 0.6 is 0 Å². The van der Waals surface area contributed by atoms with Gasteiger partial charge in [-0.25, -0.2) is 14.4 Å². The van der Waals surface area contributed by atoms with Gasteiger partial charge < -0.3 is 10.2 Å². The number of rotatable bonds is 5. The number of nitrogens with zero attached hydrogens (tertiary/aromatic N) is 3. The van der Waals surface area contributed by atoms with E-state index >= 15 is 0 Å². The lowest BCUT2D eigenvalue weighted by atomic mass is 10.2. The number of aromatic nitrogens is 2. The minimum atomic E-state index is -0.417. The van der Waals surface area contributed by atoms with Crippen molar-refractivity contribution >= 4 is 23.2 Å². The van der Waals surface area contributed by atoms with Gasteiger partial charge in [0, 0.05) is 24.1 Å². The third-order valence-corrected chi connectivity index (χ3v) is 3.83. The van der Waals surface area contributed by atoms with Crippen LogP contribution in [0.25, 0.3) is 0 Å². The molecule has 3 rings (SSSR count). The lowest BCUT2D eigenvalue weighted by molar-refractivity contribution is 0.102. The Kier molecular flexibility index (Phi) is 5.22. The minimum absolute atomic E-state index is 0.213. The number of nitrogens with one attached hydrogen (secondary N) is 1. The summed E-state index contributed by atoms with van der Waals surface area (Å²) in [5.41, 5.74) is 2.67. The summed E-state index contributed by atoms with van der Waals surface area (Å²) in [4.78, 5) is 23.0. The zero-order valence-electron chi connectivity index (χ0n) is 14.6. The lowest BCUT2D eigenvalue weighted by Crippen LogP contribution is -2.21. The predicted octanol–water partition coefficient (Wildman–Crippen LogP) is 4.33. The van der Waals surface area contributed by atoms with E-state index < -0.39 is 11.7 Å². The van der Waals surface area contributed by atoms with Gasteiger partial charge in [-0.2, -0.15) is 0 Å². The molecular formula is C20H19FN4O. The Morgan fingerprint density at radius 2 is 1.96 bits per heavy atom. The van der Waals surface area contributed by atoms with E-state index in [0.29, 0.717) is 18.2 Å². The van der Waals surface area contributed by atoms with Gasteiger partial charge in [0.15, 0.2) is 0 Å². The van der Waals surface area contributed by atoms with Crippen molar-refractivity contribution in [3.8, 4) is 0 Å². The van der Waals surface area contributed by atoms with Gasteiger partial charge in [0.25, 0.3) is 5.91 Å². The molecule has 6 heteroatoms. The van der Waals surface area contributed by atoms with Crippen molar-refractivity contribution in [2.24, 2.45) is 0 Å². The van der Waals surface area contributed by atoms with Gasteiger partial charge in [-0.05, 0) is 55.8 Å². The molecule has 1 N–H and O–H groups in total. The summed E-state index contributed by atoms with van der Waals surface area (Å²) in [5, 5.41) is 2.64. The highest BCUT2D eigenvalue weighted by atomic mass is 19.1. The smallest absolute Gasteiger partial charge is 0.274 e. The van der Waals surface area contributed by atoms with Crippen molar-refractivity contribution < 1.29 is 9.18 Å². The van der Waals surface area contributed by atoms with Crippen LogP contribution in [0.2, 0.25) is 0 Å². The molecular weight excluding hydrogens is 331 g/mol. The first-order chi connectivity index (χ1) is 12.6. The van der Waals surface area contributed by atoms with E-state index in [1.807, 2.05) is 43.0 Å². The molecule has 0 aliphatic carbocycles. The molecule has 132 valence electrons. The SMILES string of the molecule is CCN(c1cccc(C)c1)c1nccc(C(=O)Nc2cccc(F)c2)n1. The van der Waals surface area contributed by atoms with Crippen LogP contribution in [0.3, 0.4) is 0 Å². The van der Waals surface area contributed by atoms with Gasteiger partial charge >= 0.3 is 0 Å². The standard InChI is InChI=1S/C20H19FN4O/c1-3-25(17-9-4-6-14(2)12-17)20-22-11-10-18(24-20)19(26)23-16-8-5-7-15(21)13-16/h4-13H,3H2,1-2H3,(H,23,26). The Bertz CT molecular complexity index is 929. The Morgan fingerprint density at radius 1 is 1.15 bits per heavy atom. The van der Waals surface area contributed by atoms with Crippen LogP contribution in [0, 0.1) is 12.7 Å². The molecule has 3 aromatic rings. The van der Waals surface area contributed by atoms with Gasteiger partial charge in [0.2, 0.25) is 5.95 Å². The molecule has 0 unspecified atom stereocenters. The number of hydrogen-bond donors (Lipinski definition) is 1. The summed E-state index contributed by atoms with van der Waals surface area (Å²) in [6.45, 7) is 4.66. The van der Waals surface area contributed by atoms with Gasteiger partial charge in [0.05, 0.1) is 0 Å². The molecule has 0 aliphatic heterocycles. The molecule has 2 aromatic carbocycles. The highest BCUT2D eigenvalue weighted by Gasteiger charge is 2.14. The molecule has 0 saturated heterocycles. The first kappa shape index (κ1) is 17.5. The van der Waals surface area contributed by atoms with E-state index in [4.69, 9.17) is 0 Å². The largest absolute Gasteiger partial charge is 0.321 e. The second kappa shape index (κ2) is 7.74. The molecule has 26 heavy (non-hydrogen) atoms. The maximum Gasteiger partial charge on any atom is 0.274 e. The number of anilines is 3. The van der Waals surface area contributed by atoms with Crippen LogP contribution in [0.1, 0.15) is 23.0 Å². The van der Waals surface area contributed by atoms with Crippen molar-refractivity contribution in [1.29, 1.82) is 0 Å². The van der Waals surface area contributed by atoms with Crippen LogP contribution in [-0.4, -0.2) is 22.4 Å². The normalized spacial score (nSPS) is 10.4. The average molecular weight is 350 g/mol. The monoisotopic (exact) mass is 350 g/mol. The second-order valence-corrected chi connectivity index (χ2v) is 5.79. The van der Waals surface area contributed by atoms with Gasteiger partial charge in [0.1, 0.15) is 11.5 Å². The number of aryl methyl sites for hydroxylation is 1. The number of benzene rings is 2. The predicted molar refractivity (Wildman–Crippen MR) is 100 cm³/mol. The number of amides is 1. The molecule has 5 nitrogen and oxygen atoms in total. The minimum Gasteiger partial charge on any atom is -0.321 e. The number of halogens is 1. The fraction of sp³-hybridized carbons (Fsp3) is 0.150. The second-order valence-electron chi connectivity index (χ2n) is 5.79. The van der Waals surface area contributed by atoms with Crippen molar-refractivity contribution in [1.82, 2.24) is 9.97 Å². The summed E-state index contributed by atoms with van der Waals surface area (Å²) < 4.78 is 13.3. The van der Waals surface area contributed by atoms with Crippen LogP contribution in [-0.2, 0) is 0 Å². The molecule has 1 heterocycles. The van der Waals surface area contributed by atoms with Crippen LogP contribution < -0.4 is 10.2 Å². The molecule has 0 atom stereocenters. The summed E-state index contributed by atoms with van der Waals surface area (Å²) in [6, 6.07) is 15.2. The van der Waals surface area contributed by atoms with Crippen LogP contribution in [0.4, 0.5) is 21.7 Å². The Hall–Kier alpha value is -3.28. The van der Waals surface area contributed by atoms with Gasteiger partial charge in [-0.15, -0.1) is 0 Å². The van der Waals surface area contributed by atoms with E-state index in [1.54, 1.807) is 12.3 Å². The zero-order valence-corrected chi connectivity index (χ0v) is 14.6. The van der Waals surface area contributed by atoms with Crippen LogP contribution in [0.15, 0.2) is 60.8 Å². The molecule has 0 radical (unpaired) electrons. The van der Waals surface area contributed by atoms with E-state index in [1.165, 1.54) is 24.3 Å². The molecule has 1 amide bonds. The number of carbonyl (C=O) groups excluding carboxylic acids is 1.